The molecule has 4 nitrogen and oxygen atoms in total. The topological polar surface area (TPSA) is 36.3 Å². The van der Waals surface area contributed by atoms with E-state index in [0.717, 1.165) is 22.3 Å². The molecule has 0 N–H and O–H groups in total. The van der Waals surface area contributed by atoms with E-state index in [1.807, 2.05) is 6.20 Å². The number of pyridine rings is 1. The normalized spacial score (nSPS) is 17.6. The first-order valence-corrected chi connectivity index (χ1v) is 11.1. The van der Waals surface area contributed by atoms with E-state index in [1.54, 1.807) is 0 Å². The van der Waals surface area contributed by atoms with Crippen molar-refractivity contribution in [3.8, 4) is 5.82 Å². The molecule has 158 valence electrons. The van der Waals surface area contributed by atoms with Crippen LogP contribution in [-0.4, -0.2) is 27.9 Å². The molecule has 0 unspecified atom stereocenters. The van der Waals surface area contributed by atoms with Gasteiger partial charge in [-0.2, -0.15) is 0 Å². The highest BCUT2D eigenvalue weighted by atomic mass is 16.7. The Morgan fingerprint density at radius 3 is 2.12 bits per heavy atom. The molecule has 1 aliphatic rings. The third-order valence-corrected chi connectivity index (χ3v) is 7.09. The van der Waals surface area contributed by atoms with Crippen LogP contribution in [0.5, 0.6) is 0 Å². The van der Waals surface area contributed by atoms with Gasteiger partial charge in [0.1, 0.15) is 5.82 Å². The summed E-state index contributed by atoms with van der Waals surface area (Å²) < 4.78 is 14.6. The van der Waals surface area contributed by atoms with E-state index in [1.165, 1.54) is 21.5 Å². The van der Waals surface area contributed by atoms with Gasteiger partial charge in [-0.3, -0.25) is 4.57 Å². The van der Waals surface area contributed by atoms with E-state index in [9.17, 15) is 0 Å². The van der Waals surface area contributed by atoms with E-state index in [4.69, 9.17) is 14.3 Å². The van der Waals surface area contributed by atoms with Gasteiger partial charge in [-0.15, -0.1) is 0 Å². The molecular formula is C27H25BN2O2. The minimum Gasteiger partial charge on any atom is -0.399 e. The van der Waals surface area contributed by atoms with Gasteiger partial charge in [0.2, 0.25) is 0 Å². The lowest BCUT2D eigenvalue weighted by molar-refractivity contribution is 0.00578. The molecule has 32 heavy (non-hydrogen) atoms. The van der Waals surface area contributed by atoms with Gasteiger partial charge < -0.3 is 9.31 Å². The van der Waals surface area contributed by atoms with Crippen molar-refractivity contribution >= 4 is 45.2 Å². The molecule has 0 radical (unpaired) electrons. The second-order valence-corrected chi connectivity index (χ2v) is 9.57. The predicted octanol–water partition coefficient (Wildman–Crippen LogP) is 5.63. The number of hydrogen-bond donors (Lipinski definition) is 0. The number of nitrogens with zero attached hydrogens (tertiary/aromatic N) is 2. The lowest BCUT2D eigenvalue weighted by Gasteiger charge is -2.32. The van der Waals surface area contributed by atoms with Crippen molar-refractivity contribution in [2.45, 2.75) is 38.9 Å². The first-order chi connectivity index (χ1) is 15.4. The van der Waals surface area contributed by atoms with E-state index in [2.05, 4.69) is 105 Å². The maximum Gasteiger partial charge on any atom is 0.496 e. The third kappa shape index (κ3) is 2.75. The van der Waals surface area contributed by atoms with Gasteiger partial charge in [-0.1, -0.05) is 54.6 Å². The zero-order valence-corrected chi connectivity index (χ0v) is 18.8. The Morgan fingerprint density at radius 2 is 1.41 bits per heavy atom. The van der Waals surface area contributed by atoms with Gasteiger partial charge in [0, 0.05) is 22.4 Å². The smallest absolute Gasteiger partial charge is 0.399 e. The second-order valence-electron chi connectivity index (χ2n) is 9.57. The summed E-state index contributed by atoms with van der Waals surface area (Å²) in [6.07, 6.45) is 1.87. The number of benzene rings is 3. The van der Waals surface area contributed by atoms with Crippen LogP contribution in [0.3, 0.4) is 0 Å². The Balaban J connectivity index is 1.51. The number of rotatable bonds is 2. The molecule has 5 heteroatoms. The molecule has 1 aliphatic heterocycles. The number of fused-ring (bicyclic) bond motifs is 5. The van der Waals surface area contributed by atoms with Gasteiger partial charge in [0.05, 0.1) is 22.2 Å². The van der Waals surface area contributed by atoms with Crippen LogP contribution in [0.4, 0.5) is 0 Å². The zero-order chi connectivity index (χ0) is 22.1. The molecule has 0 amide bonds. The minimum absolute atomic E-state index is 0.371. The largest absolute Gasteiger partial charge is 0.496 e. The van der Waals surface area contributed by atoms with Crippen molar-refractivity contribution in [2.24, 2.45) is 0 Å². The average molecular weight is 420 g/mol. The van der Waals surface area contributed by atoms with Crippen LogP contribution in [0.2, 0.25) is 0 Å². The van der Waals surface area contributed by atoms with E-state index < -0.39 is 7.12 Å². The maximum absolute atomic E-state index is 6.20. The molecule has 0 atom stereocenters. The van der Waals surface area contributed by atoms with Crippen LogP contribution < -0.4 is 5.46 Å². The fourth-order valence-corrected chi connectivity index (χ4v) is 4.63. The SMILES string of the molecule is CC1(C)OB(c2ccc(-n3c4ccccc4c4c5ccccc5ccc43)nc2)OC1(C)C. The third-order valence-electron chi connectivity index (χ3n) is 7.09. The summed E-state index contributed by atoms with van der Waals surface area (Å²) >= 11 is 0. The minimum atomic E-state index is -0.413. The summed E-state index contributed by atoms with van der Waals surface area (Å²) in [4.78, 5) is 4.84. The first kappa shape index (κ1) is 19.5. The van der Waals surface area contributed by atoms with Crippen LogP contribution in [0, 0.1) is 0 Å². The second kappa shape index (κ2) is 6.68. The summed E-state index contributed by atoms with van der Waals surface area (Å²) in [6.45, 7) is 8.27. The van der Waals surface area contributed by atoms with Crippen molar-refractivity contribution < 1.29 is 9.31 Å². The maximum atomic E-state index is 6.20. The molecule has 3 heterocycles. The molecular weight excluding hydrogens is 395 g/mol. The summed E-state index contributed by atoms with van der Waals surface area (Å²) in [5.41, 5.74) is 2.49. The molecule has 1 saturated heterocycles. The van der Waals surface area contributed by atoms with Gasteiger partial charge in [0.15, 0.2) is 0 Å². The Morgan fingerprint density at radius 1 is 0.719 bits per heavy atom. The van der Waals surface area contributed by atoms with E-state index >= 15 is 0 Å². The average Bonchev–Trinajstić information content (AvgIpc) is 3.24. The Hall–Kier alpha value is -3.15. The quantitative estimate of drug-likeness (QED) is 0.347. The standard InChI is InChI=1S/C27H25BN2O2/c1-26(2)27(3,4)32-28(31-26)19-14-16-24(29-17-19)30-22-12-8-7-11-21(22)25-20-10-6-5-9-18(20)13-15-23(25)30/h5-17H,1-4H3. The molecule has 6 rings (SSSR count). The predicted molar refractivity (Wildman–Crippen MR) is 132 cm³/mol. The number of aromatic nitrogens is 2. The summed E-state index contributed by atoms with van der Waals surface area (Å²) in [6, 6.07) is 25.6. The van der Waals surface area contributed by atoms with Crippen LogP contribution in [0.1, 0.15) is 27.7 Å². The molecule has 0 saturated carbocycles. The molecule has 0 bridgehead atoms. The van der Waals surface area contributed by atoms with Crippen LogP contribution in [0.15, 0.2) is 79.0 Å². The van der Waals surface area contributed by atoms with Crippen molar-refractivity contribution in [2.75, 3.05) is 0 Å². The van der Waals surface area contributed by atoms with Crippen LogP contribution >= 0.6 is 0 Å². The van der Waals surface area contributed by atoms with Crippen molar-refractivity contribution in [3.63, 3.8) is 0 Å². The highest BCUT2D eigenvalue weighted by Gasteiger charge is 2.51. The lowest BCUT2D eigenvalue weighted by atomic mass is 9.80. The van der Waals surface area contributed by atoms with Crippen LogP contribution in [-0.2, 0) is 9.31 Å². The van der Waals surface area contributed by atoms with Crippen molar-refractivity contribution in [3.05, 3.63) is 79.0 Å². The molecule has 1 fully saturated rings. The molecule has 0 spiro atoms. The Bertz CT molecular complexity index is 1470. The first-order valence-electron chi connectivity index (χ1n) is 11.1. The molecule has 2 aromatic heterocycles. The van der Waals surface area contributed by atoms with Gasteiger partial charge >= 0.3 is 7.12 Å². The summed E-state index contributed by atoms with van der Waals surface area (Å²) in [5.74, 6) is 0.881. The number of para-hydroxylation sites is 1. The van der Waals surface area contributed by atoms with E-state index in [-0.39, 0.29) is 11.2 Å². The lowest BCUT2D eigenvalue weighted by Crippen LogP contribution is -2.41. The zero-order valence-electron chi connectivity index (χ0n) is 18.8. The highest BCUT2D eigenvalue weighted by Crippen LogP contribution is 2.37. The summed E-state index contributed by atoms with van der Waals surface area (Å²) in [7, 11) is -0.413. The van der Waals surface area contributed by atoms with Gasteiger partial charge in [-0.05, 0) is 56.7 Å². The fraction of sp³-hybridized carbons (Fsp3) is 0.222. The van der Waals surface area contributed by atoms with Gasteiger partial charge in [-0.25, -0.2) is 4.98 Å². The summed E-state index contributed by atoms with van der Waals surface area (Å²) in [5, 5.41) is 4.99. The number of hydrogen-bond acceptors (Lipinski definition) is 3. The fourth-order valence-electron chi connectivity index (χ4n) is 4.63. The Labute approximate surface area is 187 Å². The van der Waals surface area contributed by atoms with Crippen LogP contribution in [0.25, 0.3) is 38.4 Å². The molecule has 0 aliphatic carbocycles. The van der Waals surface area contributed by atoms with E-state index in [0.29, 0.717) is 0 Å². The monoisotopic (exact) mass is 420 g/mol. The van der Waals surface area contributed by atoms with Crippen molar-refractivity contribution in [1.29, 1.82) is 0 Å². The Kier molecular flexibility index (Phi) is 4.08. The van der Waals surface area contributed by atoms with Crippen molar-refractivity contribution in [1.82, 2.24) is 9.55 Å². The van der Waals surface area contributed by atoms with Gasteiger partial charge in [0.25, 0.3) is 0 Å². The molecule has 5 aromatic rings. The molecule has 3 aromatic carbocycles. The highest BCUT2D eigenvalue weighted by molar-refractivity contribution is 6.62.